The fourth-order valence-electron chi connectivity index (χ4n) is 1.24. The summed E-state index contributed by atoms with van der Waals surface area (Å²) < 4.78 is 31.3. The Hall–Kier alpha value is -1.73. The van der Waals surface area contributed by atoms with Crippen molar-refractivity contribution in [2.75, 3.05) is 6.26 Å². The third kappa shape index (κ3) is 4.64. The van der Waals surface area contributed by atoms with Crippen molar-refractivity contribution < 1.29 is 26.9 Å². The molecule has 0 saturated heterocycles. The number of aldehydes is 1. The second-order valence-electron chi connectivity index (χ2n) is 3.52. The molecule has 7 heteroatoms. The molecule has 1 atom stereocenters. The number of carbonyl (C=O) groups excluding carboxylic acids is 2. The molecule has 0 aliphatic rings. The zero-order chi connectivity index (χ0) is 13.8. The molecule has 6 nitrogen and oxygen atoms in total. The van der Waals surface area contributed by atoms with Crippen molar-refractivity contribution in [3.8, 4) is 5.75 Å². The summed E-state index contributed by atoms with van der Waals surface area (Å²) in [5.74, 6) is -0.169. The van der Waals surface area contributed by atoms with Gasteiger partial charge < -0.3 is 9.53 Å². The maximum atomic E-state index is 10.9. The molecule has 0 aliphatic heterocycles. The lowest BCUT2D eigenvalue weighted by Gasteiger charge is -2.10. The Balaban J connectivity index is 2.88. The number of benzene rings is 1. The van der Waals surface area contributed by atoms with Crippen LogP contribution in [0.3, 0.4) is 0 Å². The smallest absolute Gasteiger partial charge is 0.308 e. The van der Waals surface area contributed by atoms with Gasteiger partial charge >= 0.3 is 5.97 Å². The van der Waals surface area contributed by atoms with E-state index >= 15 is 0 Å². The van der Waals surface area contributed by atoms with Gasteiger partial charge in [-0.05, 0) is 17.7 Å². The molecular formula is C11H12O6S. The van der Waals surface area contributed by atoms with E-state index in [-0.39, 0.29) is 0 Å². The summed E-state index contributed by atoms with van der Waals surface area (Å²) in [5.41, 5.74) is 0.353. The summed E-state index contributed by atoms with van der Waals surface area (Å²) in [6.07, 6.45) is 0.0323. The molecule has 18 heavy (non-hydrogen) atoms. The molecule has 0 aromatic heterocycles. The van der Waals surface area contributed by atoms with Crippen molar-refractivity contribution in [2.45, 2.75) is 13.0 Å². The first-order chi connectivity index (χ1) is 8.31. The molecule has 0 bridgehead atoms. The number of carbonyl (C=O) groups is 2. The first-order valence-electron chi connectivity index (χ1n) is 4.94. The van der Waals surface area contributed by atoms with E-state index in [0.29, 0.717) is 17.6 Å². The fourth-order valence-corrected chi connectivity index (χ4v) is 1.77. The molecule has 1 rings (SSSR count). The zero-order valence-corrected chi connectivity index (χ0v) is 10.6. The summed E-state index contributed by atoms with van der Waals surface area (Å²) in [6, 6.07) is 5.78. The van der Waals surface area contributed by atoms with Crippen molar-refractivity contribution in [1.82, 2.24) is 0 Å². The lowest BCUT2D eigenvalue weighted by Crippen LogP contribution is -2.11. The Labute approximate surface area is 105 Å². The molecule has 98 valence electrons. The molecule has 0 spiro atoms. The number of hydrogen-bond donors (Lipinski definition) is 0. The maximum Gasteiger partial charge on any atom is 0.308 e. The van der Waals surface area contributed by atoms with Gasteiger partial charge in [-0.2, -0.15) is 8.42 Å². The normalized spacial score (nSPS) is 12.8. The molecule has 0 N–H and O–H groups in total. The van der Waals surface area contributed by atoms with Gasteiger partial charge in [0.05, 0.1) is 6.26 Å². The minimum Gasteiger partial charge on any atom is -0.427 e. The van der Waals surface area contributed by atoms with Gasteiger partial charge in [-0.15, -0.1) is 0 Å². The monoisotopic (exact) mass is 272 g/mol. The van der Waals surface area contributed by atoms with E-state index in [1.165, 1.54) is 31.2 Å². The average molecular weight is 272 g/mol. The molecule has 0 heterocycles. The highest BCUT2D eigenvalue weighted by Crippen LogP contribution is 2.20. The molecule has 1 aromatic rings. The Bertz CT molecular complexity index is 531. The predicted molar refractivity (Wildman–Crippen MR) is 62.5 cm³/mol. The van der Waals surface area contributed by atoms with Crippen molar-refractivity contribution in [3.63, 3.8) is 0 Å². The van der Waals surface area contributed by atoms with E-state index in [0.717, 1.165) is 6.26 Å². The molecule has 0 fully saturated rings. The number of ether oxygens (including phenoxy) is 1. The molecule has 1 unspecified atom stereocenters. The average Bonchev–Trinajstić information content (AvgIpc) is 2.25. The number of rotatable bonds is 5. The van der Waals surface area contributed by atoms with E-state index in [9.17, 15) is 18.0 Å². The summed E-state index contributed by atoms with van der Waals surface area (Å²) in [5, 5.41) is 0. The van der Waals surface area contributed by atoms with Gasteiger partial charge in [-0.3, -0.25) is 8.98 Å². The minimum atomic E-state index is -3.73. The topological polar surface area (TPSA) is 86.7 Å². The van der Waals surface area contributed by atoms with Crippen LogP contribution in [0.25, 0.3) is 0 Å². The van der Waals surface area contributed by atoms with Crippen LogP contribution in [-0.2, 0) is 23.9 Å². The Morgan fingerprint density at radius 3 is 2.22 bits per heavy atom. The van der Waals surface area contributed by atoms with E-state index in [1.807, 2.05) is 0 Å². The van der Waals surface area contributed by atoms with Crippen LogP contribution in [0.5, 0.6) is 5.75 Å². The van der Waals surface area contributed by atoms with Gasteiger partial charge in [0, 0.05) is 6.92 Å². The highest BCUT2D eigenvalue weighted by molar-refractivity contribution is 7.86. The van der Waals surface area contributed by atoms with Gasteiger partial charge in [0.2, 0.25) is 0 Å². The van der Waals surface area contributed by atoms with Gasteiger partial charge in [0.15, 0.2) is 12.4 Å². The third-order valence-electron chi connectivity index (χ3n) is 1.87. The highest BCUT2D eigenvalue weighted by atomic mass is 32.2. The van der Waals surface area contributed by atoms with Crippen LogP contribution in [0.4, 0.5) is 0 Å². The van der Waals surface area contributed by atoms with Crippen LogP contribution in [0.1, 0.15) is 18.6 Å². The summed E-state index contributed by atoms with van der Waals surface area (Å²) in [7, 11) is -3.73. The van der Waals surface area contributed by atoms with Crippen molar-refractivity contribution in [3.05, 3.63) is 29.8 Å². The molecule has 0 saturated carbocycles. The van der Waals surface area contributed by atoms with Crippen molar-refractivity contribution in [2.24, 2.45) is 0 Å². The number of esters is 1. The predicted octanol–water partition coefficient (Wildman–Crippen LogP) is 0.828. The standard InChI is InChI=1S/C11H12O6S/c1-8(13)16-10-5-3-9(4-6-10)11(7-12)17-18(2,14)15/h3-7,11H,1-2H3. The fraction of sp³-hybridized carbons (Fsp3) is 0.273. The summed E-state index contributed by atoms with van der Waals surface area (Å²) >= 11 is 0. The van der Waals surface area contributed by atoms with Gasteiger partial charge in [0.25, 0.3) is 10.1 Å². The maximum absolute atomic E-state index is 10.9. The van der Waals surface area contributed by atoms with Crippen LogP contribution in [0.15, 0.2) is 24.3 Å². The molecule has 0 radical (unpaired) electrons. The van der Waals surface area contributed by atoms with Gasteiger partial charge in [-0.25, -0.2) is 0 Å². The van der Waals surface area contributed by atoms with Crippen LogP contribution in [0, 0.1) is 0 Å². The Morgan fingerprint density at radius 1 is 1.28 bits per heavy atom. The quantitative estimate of drug-likeness (QED) is 0.341. The van der Waals surface area contributed by atoms with Gasteiger partial charge in [-0.1, -0.05) is 12.1 Å². The number of hydrogen-bond acceptors (Lipinski definition) is 6. The molecule has 0 amide bonds. The van der Waals surface area contributed by atoms with Crippen molar-refractivity contribution >= 4 is 22.4 Å². The largest absolute Gasteiger partial charge is 0.427 e. The minimum absolute atomic E-state index is 0.301. The van der Waals surface area contributed by atoms with Crippen molar-refractivity contribution in [1.29, 1.82) is 0 Å². The first-order valence-corrected chi connectivity index (χ1v) is 6.75. The molecular weight excluding hydrogens is 260 g/mol. The Kier molecular flexibility index (Phi) is 4.57. The lowest BCUT2D eigenvalue weighted by atomic mass is 10.1. The highest BCUT2D eigenvalue weighted by Gasteiger charge is 2.17. The van der Waals surface area contributed by atoms with Crippen LogP contribution < -0.4 is 4.74 Å². The van der Waals surface area contributed by atoms with Crippen LogP contribution >= 0.6 is 0 Å². The molecule has 1 aromatic carbocycles. The summed E-state index contributed by atoms with van der Waals surface area (Å²) in [6.45, 7) is 1.26. The van der Waals surface area contributed by atoms with Crippen LogP contribution in [0.2, 0.25) is 0 Å². The van der Waals surface area contributed by atoms with E-state index in [4.69, 9.17) is 4.74 Å². The van der Waals surface area contributed by atoms with Crippen LogP contribution in [-0.4, -0.2) is 26.9 Å². The van der Waals surface area contributed by atoms with E-state index in [1.54, 1.807) is 0 Å². The summed E-state index contributed by atoms with van der Waals surface area (Å²) in [4.78, 5) is 21.5. The third-order valence-corrected chi connectivity index (χ3v) is 2.43. The Morgan fingerprint density at radius 2 is 1.83 bits per heavy atom. The lowest BCUT2D eigenvalue weighted by molar-refractivity contribution is -0.131. The van der Waals surface area contributed by atoms with E-state index in [2.05, 4.69) is 4.18 Å². The van der Waals surface area contributed by atoms with Gasteiger partial charge in [0.1, 0.15) is 5.75 Å². The first kappa shape index (κ1) is 14.3. The van der Waals surface area contributed by atoms with E-state index < -0.39 is 22.2 Å². The second kappa shape index (κ2) is 5.74. The SMILES string of the molecule is CC(=O)Oc1ccc(C(C=O)OS(C)(=O)=O)cc1. The second-order valence-corrected chi connectivity index (χ2v) is 5.12. The molecule has 0 aliphatic carbocycles. The zero-order valence-electron chi connectivity index (χ0n) is 9.82.